The van der Waals surface area contributed by atoms with Gasteiger partial charge in [-0.3, -0.25) is 9.69 Å². The summed E-state index contributed by atoms with van der Waals surface area (Å²) >= 11 is 0. The predicted molar refractivity (Wildman–Crippen MR) is 172 cm³/mol. The molecule has 1 N–H and O–H groups in total. The molecule has 9 heteroatoms. The summed E-state index contributed by atoms with van der Waals surface area (Å²) in [5.74, 6) is -0.131. The average Bonchev–Trinajstić information content (AvgIpc) is 3.50. The largest absolute Gasteiger partial charge is 0.573 e. The molecule has 7 rings (SSSR count). The van der Waals surface area contributed by atoms with Gasteiger partial charge in [-0.2, -0.15) is 0 Å². The minimum Gasteiger partial charge on any atom is -0.440 e. The van der Waals surface area contributed by atoms with Gasteiger partial charge >= 0.3 is 12.5 Å². The molecule has 2 aromatic carbocycles. The first-order valence-electron chi connectivity index (χ1n) is 17.2. The summed E-state index contributed by atoms with van der Waals surface area (Å²) in [6.07, 6.45) is 6.49. The fourth-order valence-corrected chi connectivity index (χ4v) is 8.72. The van der Waals surface area contributed by atoms with Gasteiger partial charge in [0.25, 0.3) is 0 Å². The number of ketones is 1. The van der Waals surface area contributed by atoms with Crippen molar-refractivity contribution in [1.82, 2.24) is 4.90 Å². The number of hydrogen-bond acceptors (Lipinski definition) is 5. The van der Waals surface area contributed by atoms with E-state index in [1.165, 1.54) is 29.8 Å². The lowest BCUT2D eigenvalue weighted by molar-refractivity contribution is -0.274. The maximum Gasteiger partial charge on any atom is 0.573 e. The lowest BCUT2D eigenvalue weighted by Gasteiger charge is -2.43. The zero-order valence-electron chi connectivity index (χ0n) is 27.4. The van der Waals surface area contributed by atoms with Gasteiger partial charge in [-0.15, -0.1) is 13.2 Å². The summed E-state index contributed by atoms with van der Waals surface area (Å²) in [5.41, 5.74) is 3.39. The molecular weight excluding hydrogens is 607 g/mol. The fourth-order valence-electron chi connectivity index (χ4n) is 8.72. The van der Waals surface area contributed by atoms with Crippen LogP contribution >= 0.6 is 0 Å². The van der Waals surface area contributed by atoms with E-state index in [0.29, 0.717) is 31.4 Å². The second-order valence-corrected chi connectivity index (χ2v) is 14.5. The van der Waals surface area contributed by atoms with Crippen LogP contribution in [0.15, 0.2) is 54.1 Å². The minimum atomic E-state index is -4.77. The van der Waals surface area contributed by atoms with Gasteiger partial charge < -0.3 is 14.6 Å². The number of nitrogens with zero attached hydrogens (tertiary/aromatic N) is 1. The maximum atomic E-state index is 14.2. The third-order valence-corrected chi connectivity index (χ3v) is 11.4. The third-order valence-electron chi connectivity index (χ3n) is 11.4. The number of benzene rings is 2. The molecule has 1 saturated heterocycles. The first-order chi connectivity index (χ1) is 22.4. The van der Waals surface area contributed by atoms with Gasteiger partial charge in [0, 0.05) is 23.4 Å². The van der Waals surface area contributed by atoms with Crippen molar-refractivity contribution in [2.24, 2.45) is 11.3 Å². The van der Waals surface area contributed by atoms with Gasteiger partial charge in [0.15, 0.2) is 5.78 Å². The van der Waals surface area contributed by atoms with E-state index in [0.717, 1.165) is 74.5 Å². The molecule has 5 aliphatic rings. The molecular formula is C38H46F3NO5. The molecule has 4 aliphatic carbocycles. The van der Waals surface area contributed by atoms with Crippen LogP contribution < -0.4 is 4.74 Å². The molecule has 3 fully saturated rings. The quantitative estimate of drug-likeness (QED) is 0.258. The Morgan fingerprint density at radius 2 is 1.79 bits per heavy atom. The number of ether oxygens (including phenoxy) is 2. The summed E-state index contributed by atoms with van der Waals surface area (Å²) in [6, 6.07) is 11.8. The van der Waals surface area contributed by atoms with Crippen LogP contribution in [0.4, 0.5) is 18.0 Å². The average molecular weight is 654 g/mol. The molecule has 1 heterocycles. The second kappa shape index (κ2) is 13.3. The number of alkyl halides is 3. The first kappa shape index (κ1) is 33.6. The highest BCUT2D eigenvalue weighted by molar-refractivity contribution is 5.99. The Hall–Kier alpha value is -3.33. The summed E-state index contributed by atoms with van der Waals surface area (Å²) in [7, 11) is 0. The Labute approximate surface area is 275 Å². The first-order valence-corrected chi connectivity index (χ1v) is 17.2. The van der Waals surface area contributed by atoms with Crippen molar-refractivity contribution in [2.75, 3.05) is 6.54 Å². The van der Waals surface area contributed by atoms with E-state index in [2.05, 4.69) is 36.8 Å². The molecule has 1 amide bonds. The Morgan fingerprint density at radius 1 is 1.04 bits per heavy atom. The number of carbonyl (C=O) groups is 2. The van der Waals surface area contributed by atoms with Crippen LogP contribution in [0.25, 0.3) is 0 Å². The van der Waals surface area contributed by atoms with E-state index < -0.39 is 29.6 Å². The van der Waals surface area contributed by atoms with Crippen molar-refractivity contribution < 1.29 is 37.3 Å². The second-order valence-electron chi connectivity index (χ2n) is 14.5. The van der Waals surface area contributed by atoms with Crippen LogP contribution in [0.5, 0.6) is 5.75 Å². The van der Waals surface area contributed by atoms with Crippen molar-refractivity contribution in [2.45, 2.75) is 121 Å². The topological polar surface area (TPSA) is 76.1 Å². The lowest BCUT2D eigenvalue weighted by Crippen LogP contribution is -2.48. The number of aliphatic hydroxyl groups is 1. The number of halogens is 3. The zero-order valence-corrected chi connectivity index (χ0v) is 27.4. The molecule has 2 bridgehead atoms. The van der Waals surface area contributed by atoms with Crippen molar-refractivity contribution in [3.63, 3.8) is 0 Å². The standard InChI is InChI=1S/C38H46F3NO5/c1-25-7-6-19-36(2)33(31-17-13-27(21-29(43)14-10-25)22-32(31)34(44)28-8-4-3-5-9-28)18-20-37(36)24-42(35(45)47-37)23-26-11-15-30(16-12-26)46-38(39,40)41/h7,11-13,15-17,22,28-29,33,43H,3-6,8-10,14,18-21,23-24H2,1-2H3/t29-,33-,36-,37+/m0/s1. The van der Waals surface area contributed by atoms with Gasteiger partial charge in [-0.1, -0.05) is 62.1 Å². The summed E-state index contributed by atoms with van der Waals surface area (Å²) < 4.78 is 48.4. The highest BCUT2D eigenvalue weighted by atomic mass is 19.4. The van der Waals surface area contributed by atoms with Crippen LogP contribution in [0, 0.1) is 11.3 Å². The Morgan fingerprint density at radius 3 is 2.51 bits per heavy atom. The van der Waals surface area contributed by atoms with Gasteiger partial charge in [0.1, 0.15) is 11.4 Å². The molecule has 0 unspecified atom stereocenters. The van der Waals surface area contributed by atoms with Crippen molar-refractivity contribution >= 4 is 11.9 Å². The van der Waals surface area contributed by atoms with Gasteiger partial charge in [-0.25, -0.2) is 4.79 Å². The molecule has 1 spiro atoms. The smallest absolute Gasteiger partial charge is 0.440 e. The number of carbonyl (C=O) groups excluding carboxylic acids is 2. The maximum absolute atomic E-state index is 14.2. The number of rotatable bonds is 5. The van der Waals surface area contributed by atoms with Crippen molar-refractivity contribution in [1.29, 1.82) is 0 Å². The summed E-state index contributed by atoms with van der Waals surface area (Å²) in [5, 5.41) is 10.9. The van der Waals surface area contributed by atoms with Gasteiger partial charge in [0.2, 0.25) is 0 Å². The number of hydrogen-bond donors (Lipinski definition) is 1. The van der Waals surface area contributed by atoms with Gasteiger partial charge in [-0.05, 0) is 106 Å². The van der Waals surface area contributed by atoms with Crippen LogP contribution in [0.3, 0.4) is 0 Å². The lowest BCUT2D eigenvalue weighted by atomic mass is 9.64. The SMILES string of the molecule is CC1=CCC[C@@]2(C)[C@@H](CC[C@@]23CN(Cc2ccc(OC(F)(F)F)cc2)C(=O)O3)c2ccc(cc2C(=O)C2CCCCC2)C[C@@H](O)CC1. The molecule has 4 atom stereocenters. The van der Waals surface area contributed by atoms with Crippen LogP contribution in [-0.2, 0) is 17.7 Å². The molecule has 2 saturated carbocycles. The zero-order chi connectivity index (χ0) is 33.4. The normalized spacial score (nSPS) is 28.9. The monoisotopic (exact) mass is 653 g/mol. The molecule has 47 heavy (non-hydrogen) atoms. The van der Waals surface area contributed by atoms with E-state index in [-0.39, 0.29) is 29.9 Å². The molecule has 6 nitrogen and oxygen atoms in total. The molecule has 0 radical (unpaired) electrons. The molecule has 1 aliphatic heterocycles. The number of aliphatic hydroxyl groups excluding tert-OH is 1. The van der Waals surface area contributed by atoms with Crippen LogP contribution in [0.2, 0.25) is 0 Å². The van der Waals surface area contributed by atoms with Crippen LogP contribution in [-0.4, -0.2) is 46.5 Å². The van der Waals surface area contributed by atoms with E-state index in [1.807, 2.05) is 6.07 Å². The number of Topliss-reactive ketones (excluding diaryl/α,β-unsaturated/α-hetero) is 1. The van der Waals surface area contributed by atoms with E-state index in [1.54, 1.807) is 4.90 Å². The summed E-state index contributed by atoms with van der Waals surface area (Å²) in [4.78, 5) is 29.4. The number of allylic oxidation sites excluding steroid dienone is 2. The predicted octanol–water partition coefficient (Wildman–Crippen LogP) is 9.05. The highest BCUT2D eigenvalue weighted by Crippen LogP contribution is 2.62. The van der Waals surface area contributed by atoms with E-state index in [4.69, 9.17) is 4.74 Å². The molecule has 2 aromatic rings. The van der Waals surface area contributed by atoms with Crippen LogP contribution in [0.1, 0.15) is 117 Å². The van der Waals surface area contributed by atoms with E-state index in [9.17, 15) is 27.9 Å². The number of fused-ring (bicyclic) bond motifs is 8. The summed E-state index contributed by atoms with van der Waals surface area (Å²) in [6.45, 7) is 4.87. The van der Waals surface area contributed by atoms with Gasteiger partial charge in [0.05, 0.1) is 12.6 Å². The highest BCUT2D eigenvalue weighted by Gasteiger charge is 2.64. The fraction of sp³-hybridized carbons (Fsp3) is 0.579. The molecule has 254 valence electrons. The third kappa shape index (κ3) is 7.10. The van der Waals surface area contributed by atoms with Crippen molar-refractivity contribution in [3.8, 4) is 5.75 Å². The Kier molecular flexibility index (Phi) is 9.49. The Balaban J connectivity index is 1.33. The van der Waals surface area contributed by atoms with E-state index >= 15 is 0 Å². The van der Waals surface area contributed by atoms with Crippen molar-refractivity contribution in [3.05, 3.63) is 76.4 Å². The molecule has 0 aromatic heterocycles. The Bertz CT molecular complexity index is 1500. The minimum absolute atomic E-state index is 0.00137. The number of amides is 1.